The maximum Gasteiger partial charge on any atom is 0.472 e. The predicted octanol–water partition coefficient (Wildman–Crippen LogP) is 15.0. The maximum absolute atomic E-state index is 12.9. The van der Waals surface area contributed by atoms with Gasteiger partial charge in [-0.05, 0) is 44.9 Å². The van der Waals surface area contributed by atoms with Crippen molar-refractivity contribution in [2.24, 2.45) is 0 Å². The number of hydrogen-bond acceptors (Lipinski definition) is 5. The zero-order chi connectivity index (χ0) is 45.0. The van der Waals surface area contributed by atoms with Crippen LogP contribution in [0, 0.1) is 0 Å². The average molecular weight is 882 g/mol. The van der Waals surface area contributed by atoms with Gasteiger partial charge in [-0.25, -0.2) is 4.57 Å². The van der Waals surface area contributed by atoms with Crippen molar-refractivity contribution in [1.82, 2.24) is 5.32 Å². The van der Waals surface area contributed by atoms with Crippen LogP contribution in [0.5, 0.6) is 0 Å². The first kappa shape index (κ1) is 59.7. The zero-order valence-electron chi connectivity index (χ0n) is 40.9. The summed E-state index contributed by atoms with van der Waals surface area (Å²) < 4.78 is 23.6. The highest BCUT2D eigenvalue weighted by Gasteiger charge is 2.27. The van der Waals surface area contributed by atoms with E-state index in [0.717, 1.165) is 44.9 Å². The summed E-state index contributed by atoms with van der Waals surface area (Å²) in [7, 11) is 1.55. The second-order valence-electron chi connectivity index (χ2n) is 18.9. The largest absolute Gasteiger partial charge is 0.472 e. The highest BCUT2D eigenvalue weighted by Crippen LogP contribution is 2.43. The Balaban J connectivity index is 4.36. The van der Waals surface area contributed by atoms with Gasteiger partial charge < -0.3 is 19.8 Å². The molecule has 3 N–H and O–H groups in total. The summed E-state index contributed by atoms with van der Waals surface area (Å²) in [5.74, 6) is -0.188. The first-order valence-electron chi connectivity index (χ1n) is 25.9. The number of phosphoric ester groups is 1. The van der Waals surface area contributed by atoms with Crippen LogP contribution in [0.25, 0.3) is 0 Å². The van der Waals surface area contributed by atoms with Gasteiger partial charge in [-0.3, -0.25) is 13.8 Å². The number of nitrogens with one attached hydrogen (secondary N) is 1. The minimum Gasteiger partial charge on any atom is -0.387 e. The minimum absolute atomic E-state index is 0.0549. The lowest BCUT2D eigenvalue weighted by Crippen LogP contribution is -2.45. The lowest BCUT2D eigenvalue weighted by atomic mass is 10.0. The van der Waals surface area contributed by atoms with Crippen molar-refractivity contribution in [3.8, 4) is 0 Å². The second kappa shape index (κ2) is 43.9. The molecule has 0 saturated heterocycles. The third-order valence-electron chi connectivity index (χ3n) is 11.6. The Morgan fingerprint density at radius 2 is 0.902 bits per heavy atom. The van der Waals surface area contributed by atoms with Gasteiger partial charge in [0.1, 0.15) is 13.2 Å². The first-order valence-corrected chi connectivity index (χ1v) is 27.4. The summed E-state index contributed by atoms with van der Waals surface area (Å²) in [5.41, 5.74) is 0. The van der Waals surface area contributed by atoms with Crippen LogP contribution < -0.4 is 5.32 Å². The number of nitrogens with zero attached hydrogens (tertiary/aromatic N) is 1. The molecule has 0 radical (unpaired) electrons. The van der Waals surface area contributed by atoms with Crippen molar-refractivity contribution in [2.75, 3.05) is 40.9 Å². The number of quaternary nitrogens is 1. The van der Waals surface area contributed by atoms with Crippen molar-refractivity contribution in [2.45, 2.75) is 251 Å². The molecule has 0 aliphatic rings. The minimum atomic E-state index is -4.35. The summed E-state index contributed by atoms with van der Waals surface area (Å²) in [6.07, 6.45) is 55.2. The number of likely N-dealkylation sites (N-methyl/N-ethyl adjacent to an activating group) is 1. The first-order chi connectivity index (χ1) is 29.5. The van der Waals surface area contributed by atoms with Crippen LogP contribution in [0.1, 0.15) is 239 Å². The van der Waals surface area contributed by atoms with Gasteiger partial charge in [0.25, 0.3) is 0 Å². The van der Waals surface area contributed by atoms with E-state index >= 15 is 0 Å². The molecule has 0 spiro atoms. The standard InChI is InChI=1S/C52H101N2O6P/c1-6-8-10-12-14-16-18-20-22-24-25-26-27-28-29-30-31-33-35-37-39-41-43-45-51(55)50(49-60-61(57,58)59-48-47-54(3,4)5)53-52(56)46-44-42-40-38-36-34-32-23-21-19-17-15-13-11-9-7-2/h29-30,35,37,43,45,50-51,55H,6-28,31-34,36,38-42,44,46-49H2,1-5H3,(H-,53,56,57,58)/p+1/b30-29+,37-35+,45-43+. The fourth-order valence-electron chi connectivity index (χ4n) is 7.49. The van der Waals surface area contributed by atoms with Crippen LogP contribution in [0.2, 0.25) is 0 Å². The van der Waals surface area contributed by atoms with Crippen molar-refractivity contribution < 1.29 is 32.9 Å². The fraction of sp³-hybridized carbons (Fsp3) is 0.865. The molecule has 0 aliphatic carbocycles. The molecule has 0 aromatic carbocycles. The number of aliphatic hydroxyl groups excluding tert-OH is 1. The Morgan fingerprint density at radius 1 is 0.541 bits per heavy atom. The van der Waals surface area contributed by atoms with E-state index in [9.17, 15) is 19.4 Å². The molecule has 0 saturated carbocycles. The van der Waals surface area contributed by atoms with E-state index in [2.05, 4.69) is 43.5 Å². The van der Waals surface area contributed by atoms with Gasteiger partial charge in [0, 0.05) is 6.42 Å². The molecule has 0 aliphatic heterocycles. The van der Waals surface area contributed by atoms with E-state index in [1.807, 2.05) is 27.2 Å². The number of carbonyl (C=O) groups is 1. The van der Waals surface area contributed by atoms with Crippen LogP contribution in [-0.2, 0) is 18.4 Å². The Bertz CT molecular complexity index is 1090. The van der Waals surface area contributed by atoms with Crippen molar-refractivity contribution in [3.63, 3.8) is 0 Å². The quantitative estimate of drug-likeness (QED) is 0.0243. The van der Waals surface area contributed by atoms with E-state index < -0.39 is 20.0 Å². The average Bonchev–Trinajstić information content (AvgIpc) is 3.21. The smallest absolute Gasteiger partial charge is 0.387 e. The Hall–Kier alpha value is -1.28. The van der Waals surface area contributed by atoms with E-state index in [-0.39, 0.29) is 19.1 Å². The second-order valence-corrected chi connectivity index (χ2v) is 20.3. The lowest BCUT2D eigenvalue weighted by Gasteiger charge is -2.25. The Kier molecular flexibility index (Phi) is 43.0. The Morgan fingerprint density at radius 3 is 1.31 bits per heavy atom. The molecule has 0 aromatic heterocycles. The molecule has 0 heterocycles. The number of allylic oxidation sites excluding steroid dienone is 5. The molecule has 360 valence electrons. The summed E-state index contributed by atoms with van der Waals surface area (Å²) in [6, 6.07) is -0.866. The highest BCUT2D eigenvalue weighted by molar-refractivity contribution is 7.47. The molecule has 8 nitrogen and oxygen atoms in total. The number of carbonyl (C=O) groups excluding carboxylic acids is 1. The van der Waals surface area contributed by atoms with Crippen LogP contribution in [0.3, 0.4) is 0 Å². The van der Waals surface area contributed by atoms with Crippen molar-refractivity contribution >= 4 is 13.7 Å². The number of hydrogen-bond donors (Lipinski definition) is 3. The molecular formula is C52H102N2O6P+. The molecule has 61 heavy (non-hydrogen) atoms. The molecule has 1 amide bonds. The number of amides is 1. The van der Waals surface area contributed by atoms with Crippen LogP contribution in [0.15, 0.2) is 36.5 Å². The van der Waals surface area contributed by atoms with Gasteiger partial charge in [0.05, 0.1) is 39.9 Å². The number of unbranched alkanes of at least 4 members (excludes halogenated alkanes) is 30. The summed E-state index contributed by atoms with van der Waals surface area (Å²) in [6.45, 7) is 4.81. The van der Waals surface area contributed by atoms with E-state index in [1.165, 1.54) is 173 Å². The molecule has 9 heteroatoms. The Labute approximate surface area is 378 Å². The summed E-state index contributed by atoms with van der Waals surface area (Å²) in [4.78, 5) is 23.2. The normalized spacial score (nSPS) is 14.4. The van der Waals surface area contributed by atoms with Crippen molar-refractivity contribution in [1.29, 1.82) is 0 Å². The molecule has 3 atom stereocenters. The fourth-order valence-corrected chi connectivity index (χ4v) is 8.22. The van der Waals surface area contributed by atoms with Gasteiger partial charge in [-0.15, -0.1) is 0 Å². The third-order valence-corrected chi connectivity index (χ3v) is 12.6. The summed E-state index contributed by atoms with van der Waals surface area (Å²) >= 11 is 0. The predicted molar refractivity (Wildman–Crippen MR) is 263 cm³/mol. The highest BCUT2D eigenvalue weighted by atomic mass is 31.2. The van der Waals surface area contributed by atoms with E-state index in [4.69, 9.17) is 9.05 Å². The van der Waals surface area contributed by atoms with Crippen molar-refractivity contribution in [3.05, 3.63) is 36.5 Å². The zero-order valence-corrected chi connectivity index (χ0v) is 41.8. The van der Waals surface area contributed by atoms with E-state index in [1.54, 1.807) is 6.08 Å². The SMILES string of the molecule is CCCCCCCCCCCCCCC/C=C/CC/C=C/CC/C=C/C(O)C(COP(=O)(O)OCC[N+](C)(C)C)NC(=O)CCCCCCCCCCCCCCCCCC. The van der Waals surface area contributed by atoms with Crippen LogP contribution in [-0.4, -0.2) is 73.4 Å². The van der Waals surface area contributed by atoms with Gasteiger partial charge >= 0.3 is 7.82 Å². The molecule has 0 fully saturated rings. The van der Waals surface area contributed by atoms with Crippen LogP contribution in [0.4, 0.5) is 0 Å². The van der Waals surface area contributed by atoms with E-state index in [0.29, 0.717) is 17.4 Å². The number of rotatable bonds is 47. The number of phosphoric acid groups is 1. The van der Waals surface area contributed by atoms with Crippen LogP contribution >= 0.6 is 7.82 Å². The number of aliphatic hydroxyl groups is 1. The molecular weight excluding hydrogens is 780 g/mol. The van der Waals surface area contributed by atoms with Gasteiger partial charge in [0.15, 0.2) is 0 Å². The van der Waals surface area contributed by atoms with Gasteiger partial charge in [-0.1, -0.05) is 224 Å². The molecule has 0 rings (SSSR count). The third kappa shape index (κ3) is 46.5. The topological polar surface area (TPSA) is 105 Å². The monoisotopic (exact) mass is 882 g/mol. The molecule has 0 bridgehead atoms. The summed E-state index contributed by atoms with van der Waals surface area (Å²) in [5, 5.41) is 13.9. The molecule has 3 unspecified atom stereocenters. The molecule has 0 aromatic rings. The lowest BCUT2D eigenvalue weighted by molar-refractivity contribution is -0.870. The van der Waals surface area contributed by atoms with Gasteiger partial charge in [0.2, 0.25) is 5.91 Å². The maximum atomic E-state index is 12.9. The van der Waals surface area contributed by atoms with Gasteiger partial charge in [-0.2, -0.15) is 0 Å².